The van der Waals surface area contributed by atoms with Crippen LogP contribution in [0.4, 0.5) is 0 Å². The van der Waals surface area contributed by atoms with E-state index in [4.69, 9.17) is 15.8 Å². The van der Waals surface area contributed by atoms with Crippen LogP contribution in [0.25, 0.3) is 68.8 Å². The third-order valence-corrected chi connectivity index (χ3v) is 31.8. The fourth-order valence-electron chi connectivity index (χ4n) is 19.4. The first-order valence-corrected chi connectivity index (χ1v) is 46.7. The van der Waals surface area contributed by atoms with Gasteiger partial charge in [-0.25, -0.2) is 0 Å². The molecule has 0 radical (unpaired) electrons. The van der Waals surface area contributed by atoms with Crippen molar-refractivity contribution in [2.45, 2.75) is 279 Å². The lowest BCUT2D eigenvalue weighted by Gasteiger charge is -2.40. The summed E-state index contributed by atoms with van der Waals surface area (Å²) in [6.45, 7) is 63.2. The molecule has 8 aromatic rings. The normalized spacial score (nSPS) is 17.7. The number of methoxy groups -OCH3 is 1. The van der Waals surface area contributed by atoms with E-state index in [1.165, 1.54) is 167 Å². The van der Waals surface area contributed by atoms with Crippen LogP contribution >= 0.6 is 11.1 Å². The second-order valence-electron chi connectivity index (χ2n) is 39.6. The monoisotopic (exact) mass is 1430 g/mol. The number of ether oxygens (including phenoxy) is 1. The van der Waals surface area contributed by atoms with Crippen molar-refractivity contribution >= 4 is 50.8 Å². The number of benzene rings is 8. The van der Waals surface area contributed by atoms with Crippen LogP contribution in [0.5, 0.6) is 5.75 Å². The van der Waals surface area contributed by atoms with Crippen LogP contribution in [0.2, 0.25) is 26.2 Å². The van der Waals surface area contributed by atoms with Crippen LogP contribution in [-0.4, -0.2) is 22.6 Å². The first-order valence-electron chi connectivity index (χ1n) is 39.4. The van der Waals surface area contributed by atoms with Gasteiger partial charge in [0.15, 0.2) is 7.38 Å². The average Bonchev–Trinajstić information content (AvgIpc) is 1.55. The predicted octanol–water partition coefficient (Wildman–Crippen LogP) is 28.7. The fraction of sp³-hybridized carbons (Fsp3) is 0.440. The number of fused-ring (bicyclic) bond motifs is 6. The number of aryl methyl sites for hydroxylation is 2. The van der Waals surface area contributed by atoms with Crippen molar-refractivity contribution in [3.8, 4) is 50.3 Å². The van der Waals surface area contributed by atoms with E-state index < -0.39 is 15.5 Å². The summed E-state index contributed by atoms with van der Waals surface area (Å²) in [7, 11) is -2.07. The number of halogens is 1. The van der Waals surface area contributed by atoms with Crippen LogP contribution in [-0.2, 0) is 64.6 Å². The summed E-state index contributed by atoms with van der Waals surface area (Å²) >= 11 is 6.98. The predicted molar refractivity (Wildman–Crippen MR) is 462 cm³/mol. The van der Waals surface area contributed by atoms with Crippen molar-refractivity contribution in [3.05, 3.63) is 249 Å². The molecule has 6 aliphatic rings. The van der Waals surface area contributed by atoms with Gasteiger partial charge in [0.05, 0.1) is 15.2 Å². The van der Waals surface area contributed by atoms with Gasteiger partial charge in [0, 0.05) is 27.8 Å². The summed E-state index contributed by atoms with van der Waals surface area (Å²) in [4.78, 5) is 0. The zero-order chi connectivity index (χ0) is 75.8. The summed E-state index contributed by atoms with van der Waals surface area (Å²) < 4.78 is 5.99. The topological polar surface area (TPSA) is 9.23 Å². The van der Waals surface area contributed by atoms with Gasteiger partial charge in [-0.15, -0.1) is 0 Å². The molecule has 0 aromatic heterocycles. The van der Waals surface area contributed by atoms with Crippen molar-refractivity contribution in [2.75, 3.05) is 7.11 Å². The van der Waals surface area contributed by atoms with E-state index in [-0.39, 0.29) is 32.5 Å². The highest BCUT2D eigenvalue weighted by molar-refractivity contribution is 7.20. The molecule has 0 bridgehead atoms. The first-order chi connectivity index (χ1) is 48.3. The molecule has 6 aliphatic carbocycles. The fourth-order valence-corrected chi connectivity index (χ4v) is 27.3. The standard InChI is InChI=1S/C50H62Si.C25H31ClSi.C25H32O/c1-30-26-39-42(29-43(50(10,11)12)32(3)44(39)33-18-22-36(23-19-33)48(4,5)6)47(30)51(13,14)46-31(2)27-40-41(46)28-35-16-15-17-38(35)45(40)34-20-24-37(25-21-34)49(7,8)9;1-16-14-21-22(24(16)27(5,6)26)15-18-8-7-9-20(18)23(21)17-10-12-19(13-11-17)25(2,3)4;1-16-13-18-15-21(25(5,6)7)23(26-8)22(20(18)14-16)17-9-11-19(12-10-17)24(2,3)4/h18-29,46-47H,15-17H2,1-14H3;10-15,24H,7-9H2,1-6H3;9-13,15H,14H2,1-8H3. The van der Waals surface area contributed by atoms with Crippen molar-refractivity contribution in [2.24, 2.45) is 0 Å². The molecule has 0 aliphatic heterocycles. The Kier molecular flexibility index (Phi) is 20.3. The Morgan fingerprint density at radius 3 is 1.06 bits per heavy atom. The van der Waals surface area contributed by atoms with Crippen molar-refractivity contribution in [3.63, 3.8) is 0 Å². The summed E-state index contributed by atoms with van der Waals surface area (Å²) in [5.74, 6) is 1.03. The maximum Gasteiger partial charge on any atom is 0.161 e. The van der Waals surface area contributed by atoms with Crippen molar-refractivity contribution in [1.29, 1.82) is 0 Å². The highest BCUT2D eigenvalue weighted by Crippen LogP contribution is 2.58. The highest BCUT2D eigenvalue weighted by atomic mass is 35.6. The second kappa shape index (κ2) is 27.5. The van der Waals surface area contributed by atoms with Gasteiger partial charge >= 0.3 is 0 Å². The van der Waals surface area contributed by atoms with E-state index in [1.54, 1.807) is 51.6 Å². The van der Waals surface area contributed by atoms with Gasteiger partial charge in [0.1, 0.15) is 5.75 Å². The molecule has 546 valence electrons. The SMILES string of the molecule is CC1=Cc2c(cc(C(C)(C)C)c(C)c2-c2ccc(C(C)(C)C)cc2)C1[Si](C)(C)C1C(C)=Cc2c1cc1c(c2-c2ccc(C(C)(C)C)cc2)CCC1.CC1=Cc2c(cc3c(c2-c2ccc(C(C)(C)C)cc2)CCC3)C1[Si](C)(C)Cl.COc1c(C(C)(C)C)cc2c(c1-c1ccc(C(C)(C)C)cc1)CC(C)=C2. The van der Waals surface area contributed by atoms with Gasteiger partial charge in [-0.05, 0) is 257 Å². The van der Waals surface area contributed by atoms with Gasteiger partial charge in [-0.1, -0.05) is 313 Å². The molecule has 0 amide bonds. The zero-order valence-electron chi connectivity index (χ0n) is 69.3. The Bertz CT molecular complexity index is 4790. The largest absolute Gasteiger partial charge is 0.496 e. The van der Waals surface area contributed by atoms with Gasteiger partial charge in [0.2, 0.25) is 0 Å². The lowest BCUT2D eigenvalue weighted by molar-refractivity contribution is 0.399. The Hall–Kier alpha value is -6.76. The molecule has 0 saturated heterocycles. The Morgan fingerprint density at radius 1 is 0.365 bits per heavy atom. The summed E-state index contributed by atoms with van der Waals surface area (Å²) in [5.41, 5.74) is 47.2. The lowest BCUT2D eigenvalue weighted by Crippen LogP contribution is -2.42. The van der Waals surface area contributed by atoms with Crippen LogP contribution < -0.4 is 4.74 Å². The number of hydrogen-bond donors (Lipinski definition) is 0. The minimum absolute atomic E-state index is 0.0325. The Morgan fingerprint density at radius 2 is 0.702 bits per heavy atom. The molecule has 0 fully saturated rings. The number of rotatable bonds is 8. The van der Waals surface area contributed by atoms with E-state index in [0.717, 1.165) is 12.2 Å². The molecule has 1 nitrogen and oxygen atoms in total. The molecule has 3 atom stereocenters. The highest BCUT2D eigenvalue weighted by Gasteiger charge is 2.49. The summed E-state index contributed by atoms with van der Waals surface area (Å²) in [6.07, 6.45) is 18.3. The molecular formula is C100H125ClOSi2. The van der Waals surface area contributed by atoms with Gasteiger partial charge in [0.25, 0.3) is 0 Å². The van der Waals surface area contributed by atoms with E-state index in [1.807, 2.05) is 0 Å². The van der Waals surface area contributed by atoms with E-state index in [9.17, 15) is 0 Å². The smallest absolute Gasteiger partial charge is 0.161 e. The van der Waals surface area contributed by atoms with Gasteiger partial charge < -0.3 is 4.74 Å². The molecule has 4 heteroatoms. The maximum absolute atomic E-state index is 6.98. The molecule has 0 saturated carbocycles. The minimum atomic E-state index is -2.05. The van der Waals surface area contributed by atoms with Gasteiger partial charge in [-0.2, -0.15) is 11.1 Å². The van der Waals surface area contributed by atoms with Crippen LogP contribution in [0.3, 0.4) is 0 Å². The number of hydrogen-bond acceptors (Lipinski definition) is 1. The van der Waals surface area contributed by atoms with Crippen LogP contribution in [0.15, 0.2) is 144 Å². The lowest BCUT2D eigenvalue weighted by atomic mass is 9.78. The molecule has 104 heavy (non-hydrogen) atoms. The summed E-state index contributed by atoms with van der Waals surface area (Å²) in [6, 6.07) is 47.6. The average molecular weight is 1430 g/mol. The maximum atomic E-state index is 6.98. The molecule has 3 unspecified atom stereocenters. The Balaban J connectivity index is 0.000000161. The minimum Gasteiger partial charge on any atom is -0.496 e. The van der Waals surface area contributed by atoms with Crippen molar-refractivity contribution < 1.29 is 4.74 Å². The molecular weight excluding hydrogens is 1310 g/mol. The first kappa shape index (κ1) is 76.9. The third kappa shape index (κ3) is 14.5. The number of allylic oxidation sites excluding steroid dienone is 4. The quantitative estimate of drug-likeness (QED) is 0.109. The molecule has 8 aromatic carbocycles. The van der Waals surface area contributed by atoms with Gasteiger partial charge in [-0.3, -0.25) is 0 Å². The summed E-state index contributed by atoms with van der Waals surface area (Å²) in [5, 5.41) is 0. The van der Waals surface area contributed by atoms with E-state index in [2.05, 4.69) is 331 Å². The van der Waals surface area contributed by atoms with Crippen LogP contribution in [0.1, 0.15) is 287 Å². The third-order valence-electron chi connectivity index (χ3n) is 24.5. The molecule has 0 heterocycles. The van der Waals surface area contributed by atoms with Crippen LogP contribution in [0, 0.1) is 6.92 Å². The zero-order valence-corrected chi connectivity index (χ0v) is 72.1. The van der Waals surface area contributed by atoms with E-state index in [0.29, 0.717) is 16.6 Å². The van der Waals surface area contributed by atoms with Crippen molar-refractivity contribution in [1.82, 2.24) is 0 Å². The molecule has 0 N–H and O–H groups in total. The Labute approximate surface area is 637 Å². The second-order valence-corrected chi connectivity index (χ2v) is 51.1. The molecule has 0 spiro atoms. The molecule has 14 rings (SSSR count). The van der Waals surface area contributed by atoms with E-state index >= 15 is 0 Å².